The number of benzene rings is 1. The number of nitrogens with zero attached hydrogens (tertiary/aromatic N) is 4. The average molecular weight is 414 g/mol. The summed E-state index contributed by atoms with van der Waals surface area (Å²) in [7, 11) is 0. The SMILES string of the molecule is CCN1CCN(c2ccc(NC(=O)CSc3nnc(-c4ccco4)o3)cc2)CC1. The molecule has 0 unspecified atom stereocenters. The normalized spacial score (nSPS) is 14.9. The third kappa shape index (κ3) is 4.99. The summed E-state index contributed by atoms with van der Waals surface area (Å²) in [5, 5.41) is 11.1. The molecule has 3 aromatic rings. The molecule has 0 radical (unpaired) electrons. The minimum absolute atomic E-state index is 0.128. The van der Waals surface area contributed by atoms with E-state index in [-0.39, 0.29) is 11.7 Å². The van der Waals surface area contributed by atoms with Gasteiger partial charge in [-0.1, -0.05) is 18.7 Å². The van der Waals surface area contributed by atoms with E-state index < -0.39 is 0 Å². The highest BCUT2D eigenvalue weighted by Gasteiger charge is 2.16. The number of nitrogens with one attached hydrogen (secondary N) is 1. The summed E-state index contributed by atoms with van der Waals surface area (Å²) in [5.74, 6) is 0.857. The minimum Gasteiger partial charge on any atom is -0.459 e. The first-order valence-electron chi connectivity index (χ1n) is 9.58. The molecule has 1 amide bonds. The van der Waals surface area contributed by atoms with Crippen LogP contribution in [0.4, 0.5) is 11.4 Å². The van der Waals surface area contributed by atoms with E-state index in [2.05, 4.69) is 44.4 Å². The second-order valence-electron chi connectivity index (χ2n) is 6.66. The zero-order valence-corrected chi connectivity index (χ0v) is 17.0. The van der Waals surface area contributed by atoms with Crippen molar-refractivity contribution in [3.63, 3.8) is 0 Å². The van der Waals surface area contributed by atoms with Crippen LogP contribution in [0.25, 0.3) is 11.7 Å². The number of aromatic nitrogens is 2. The minimum atomic E-state index is -0.128. The van der Waals surface area contributed by atoms with E-state index in [4.69, 9.17) is 8.83 Å². The summed E-state index contributed by atoms with van der Waals surface area (Å²) in [4.78, 5) is 17.0. The summed E-state index contributed by atoms with van der Waals surface area (Å²) >= 11 is 1.19. The van der Waals surface area contributed by atoms with Crippen molar-refractivity contribution in [3.8, 4) is 11.7 Å². The lowest BCUT2D eigenvalue weighted by atomic mass is 10.2. The molecule has 0 spiro atoms. The summed E-state index contributed by atoms with van der Waals surface area (Å²) in [6, 6.07) is 11.5. The van der Waals surface area contributed by atoms with Gasteiger partial charge >= 0.3 is 0 Å². The fraction of sp³-hybridized carbons (Fsp3) is 0.350. The Morgan fingerprint density at radius 3 is 2.62 bits per heavy atom. The van der Waals surface area contributed by atoms with E-state index in [1.165, 1.54) is 23.7 Å². The molecule has 0 aliphatic carbocycles. The fourth-order valence-corrected chi connectivity index (χ4v) is 3.73. The van der Waals surface area contributed by atoms with Gasteiger partial charge in [-0.15, -0.1) is 10.2 Å². The van der Waals surface area contributed by atoms with Crippen molar-refractivity contribution in [3.05, 3.63) is 42.7 Å². The summed E-state index contributed by atoms with van der Waals surface area (Å²) in [6.07, 6.45) is 1.54. The van der Waals surface area contributed by atoms with Crippen LogP contribution in [0, 0.1) is 0 Å². The van der Waals surface area contributed by atoms with Gasteiger partial charge in [-0.05, 0) is 42.9 Å². The largest absolute Gasteiger partial charge is 0.459 e. The standard InChI is InChI=1S/C20H23N5O3S/c1-2-24-9-11-25(12-10-24)16-7-5-15(6-8-16)21-18(26)14-29-20-23-22-19(28-20)17-4-3-13-27-17/h3-8,13H,2,9-12,14H2,1H3,(H,21,26). The molecule has 1 saturated heterocycles. The van der Waals surface area contributed by atoms with Gasteiger partial charge < -0.3 is 24.0 Å². The van der Waals surface area contributed by atoms with E-state index in [1.807, 2.05) is 12.1 Å². The monoisotopic (exact) mass is 413 g/mol. The number of amides is 1. The van der Waals surface area contributed by atoms with Gasteiger partial charge in [-0.2, -0.15) is 0 Å². The number of likely N-dealkylation sites (N-methyl/N-ethyl adjacent to an activating group) is 1. The fourth-order valence-electron chi connectivity index (χ4n) is 3.17. The zero-order chi connectivity index (χ0) is 20.1. The lowest BCUT2D eigenvalue weighted by Crippen LogP contribution is -2.46. The van der Waals surface area contributed by atoms with Crippen molar-refractivity contribution >= 4 is 29.0 Å². The van der Waals surface area contributed by atoms with E-state index in [0.717, 1.165) is 38.4 Å². The van der Waals surface area contributed by atoms with E-state index >= 15 is 0 Å². The number of carbonyl (C=O) groups excluding carboxylic acids is 1. The molecular formula is C20H23N5O3S. The van der Waals surface area contributed by atoms with E-state index in [1.54, 1.807) is 12.1 Å². The maximum atomic E-state index is 12.2. The molecule has 1 aliphatic rings. The predicted octanol–water partition coefficient (Wildman–Crippen LogP) is 3.20. The zero-order valence-electron chi connectivity index (χ0n) is 16.2. The molecule has 0 atom stereocenters. The Kier molecular flexibility index (Phi) is 6.16. The van der Waals surface area contributed by atoms with Gasteiger partial charge in [0.05, 0.1) is 12.0 Å². The topological polar surface area (TPSA) is 87.6 Å². The Balaban J connectivity index is 1.25. The van der Waals surface area contributed by atoms with Crippen LogP contribution in [-0.4, -0.2) is 59.5 Å². The maximum Gasteiger partial charge on any atom is 0.284 e. The lowest BCUT2D eigenvalue weighted by Gasteiger charge is -2.35. The number of furan rings is 1. The number of piperazine rings is 1. The first kappa shape index (κ1) is 19.5. The third-order valence-electron chi connectivity index (χ3n) is 4.80. The molecule has 1 N–H and O–H groups in total. The molecular weight excluding hydrogens is 390 g/mol. The third-order valence-corrected chi connectivity index (χ3v) is 5.62. The quantitative estimate of drug-likeness (QED) is 0.591. The van der Waals surface area contributed by atoms with Gasteiger partial charge in [0.1, 0.15) is 0 Å². The van der Waals surface area contributed by atoms with Crippen LogP contribution in [0.3, 0.4) is 0 Å². The molecule has 1 aromatic carbocycles. The molecule has 29 heavy (non-hydrogen) atoms. The predicted molar refractivity (Wildman–Crippen MR) is 112 cm³/mol. The molecule has 4 rings (SSSR count). The number of hydrogen-bond donors (Lipinski definition) is 1. The van der Waals surface area contributed by atoms with Crippen molar-refractivity contribution < 1.29 is 13.6 Å². The number of anilines is 2. The second kappa shape index (κ2) is 9.15. The van der Waals surface area contributed by atoms with Crippen LogP contribution in [0.2, 0.25) is 0 Å². The molecule has 9 heteroatoms. The van der Waals surface area contributed by atoms with Crippen molar-refractivity contribution in [2.45, 2.75) is 12.1 Å². The van der Waals surface area contributed by atoms with Crippen LogP contribution in [-0.2, 0) is 4.79 Å². The number of thioether (sulfide) groups is 1. The molecule has 1 aliphatic heterocycles. The van der Waals surface area contributed by atoms with Crippen LogP contribution >= 0.6 is 11.8 Å². The Bertz CT molecular complexity index is 918. The van der Waals surface area contributed by atoms with Crippen LogP contribution < -0.4 is 10.2 Å². The van der Waals surface area contributed by atoms with E-state index in [0.29, 0.717) is 16.9 Å². The number of carbonyl (C=O) groups is 1. The van der Waals surface area contributed by atoms with Crippen molar-refractivity contribution in [2.24, 2.45) is 0 Å². The Hall–Kier alpha value is -2.78. The first-order valence-corrected chi connectivity index (χ1v) is 10.6. The molecule has 1 fully saturated rings. The van der Waals surface area contributed by atoms with Gasteiger partial charge in [-0.3, -0.25) is 4.79 Å². The number of hydrogen-bond acceptors (Lipinski definition) is 8. The first-order chi connectivity index (χ1) is 14.2. The van der Waals surface area contributed by atoms with Gasteiger partial charge in [0.15, 0.2) is 5.76 Å². The van der Waals surface area contributed by atoms with Crippen molar-refractivity contribution in [1.82, 2.24) is 15.1 Å². The highest BCUT2D eigenvalue weighted by atomic mass is 32.2. The Labute approximate surface area is 173 Å². The van der Waals surface area contributed by atoms with Crippen molar-refractivity contribution in [1.29, 1.82) is 0 Å². The molecule has 0 saturated carbocycles. The molecule has 0 bridgehead atoms. The summed E-state index contributed by atoms with van der Waals surface area (Å²) in [6.45, 7) is 7.53. The van der Waals surface area contributed by atoms with Gasteiger partial charge in [0.25, 0.3) is 11.1 Å². The van der Waals surface area contributed by atoms with Crippen LogP contribution in [0.1, 0.15) is 6.92 Å². The Morgan fingerprint density at radius 2 is 1.93 bits per heavy atom. The molecule has 3 heterocycles. The maximum absolute atomic E-state index is 12.2. The molecule has 8 nitrogen and oxygen atoms in total. The molecule has 2 aromatic heterocycles. The second-order valence-corrected chi connectivity index (χ2v) is 7.58. The van der Waals surface area contributed by atoms with Crippen molar-refractivity contribution in [2.75, 3.05) is 48.7 Å². The van der Waals surface area contributed by atoms with Gasteiger partial charge in [0, 0.05) is 37.6 Å². The summed E-state index contributed by atoms with van der Waals surface area (Å²) in [5.41, 5.74) is 1.96. The number of rotatable bonds is 7. The lowest BCUT2D eigenvalue weighted by molar-refractivity contribution is -0.113. The highest BCUT2D eigenvalue weighted by molar-refractivity contribution is 7.99. The smallest absolute Gasteiger partial charge is 0.284 e. The average Bonchev–Trinajstić information content (AvgIpc) is 3.45. The van der Waals surface area contributed by atoms with E-state index in [9.17, 15) is 4.79 Å². The molecule has 152 valence electrons. The highest BCUT2D eigenvalue weighted by Crippen LogP contribution is 2.24. The van der Waals surface area contributed by atoms with Crippen LogP contribution in [0.5, 0.6) is 0 Å². The van der Waals surface area contributed by atoms with Gasteiger partial charge in [-0.25, -0.2) is 0 Å². The van der Waals surface area contributed by atoms with Crippen LogP contribution in [0.15, 0.2) is 56.7 Å². The summed E-state index contributed by atoms with van der Waals surface area (Å²) < 4.78 is 10.7. The Morgan fingerprint density at radius 1 is 1.14 bits per heavy atom. The van der Waals surface area contributed by atoms with Gasteiger partial charge in [0.2, 0.25) is 5.91 Å².